The second-order valence-corrected chi connectivity index (χ2v) is 7.21. The Labute approximate surface area is 128 Å². The van der Waals surface area contributed by atoms with Crippen LogP contribution in [-0.2, 0) is 16.9 Å². The quantitative estimate of drug-likeness (QED) is 0.547. The standard InChI is InChI=1S/C14H23N3O3S/c1-14(2,16-13(18)19)9-17(3)12-6-5-11(15)7-10(12)8-21(4)20/h5-7,16H,8-9,15H2,1-4H3,(H,18,19). The van der Waals surface area contributed by atoms with Gasteiger partial charge in [-0.1, -0.05) is 11.2 Å². The zero-order valence-electron chi connectivity index (χ0n) is 12.8. The van der Waals surface area contributed by atoms with Crippen LogP contribution >= 0.6 is 0 Å². The van der Waals surface area contributed by atoms with Gasteiger partial charge in [0.25, 0.3) is 0 Å². The number of benzene rings is 1. The van der Waals surface area contributed by atoms with E-state index in [1.807, 2.05) is 37.9 Å². The van der Waals surface area contributed by atoms with E-state index in [2.05, 4.69) is 5.32 Å². The van der Waals surface area contributed by atoms with Crippen molar-refractivity contribution in [2.75, 3.05) is 30.5 Å². The molecule has 1 atom stereocenters. The van der Waals surface area contributed by atoms with E-state index in [4.69, 9.17) is 10.8 Å². The molecule has 0 aliphatic heterocycles. The molecule has 21 heavy (non-hydrogen) atoms. The van der Waals surface area contributed by atoms with Gasteiger partial charge in [0, 0.05) is 30.5 Å². The fourth-order valence-corrected chi connectivity index (χ4v) is 2.99. The molecule has 0 heterocycles. The van der Waals surface area contributed by atoms with Crippen LogP contribution in [0.3, 0.4) is 0 Å². The third kappa shape index (κ3) is 5.73. The molecule has 6 nitrogen and oxygen atoms in total. The number of amides is 1. The molecule has 4 N–H and O–H groups in total. The molecule has 0 radical (unpaired) electrons. The molecule has 7 heteroatoms. The predicted octanol–water partition coefficient (Wildman–Crippen LogP) is 1.63. The van der Waals surface area contributed by atoms with Gasteiger partial charge in [0.05, 0.1) is 11.8 Å². The molecular weight excluding hydrogens is 290 g/mol. The van der Waals surface area contributed by atoms with Gasteiger partial charge in [0.1, 0.15) is 5.75 Å². The summed E-state index contributed by atoms with van der Waals surface area (Å²) in [5, 5.41) is 11.3. The SMILES string of the molecule is CN(CC(C)(C)NC(=O)O)c1ccc(N)cc1C[S+](C)[O-]. The number of likely N-dealkylation sites (N-methyl/N-ethyl adjacent to an activating group) is 1. The number of nitrogen functional groups attached to an aromatic ring is 1. The minimum atomic E-state index is -1.06. The van der Waals surface area contributed by atoms with Crippen molar-refractivity contribution in [3.05, 3.63) is 23.8 Å². The van der Waals surface area contributed by atoms with Crippen LogP contribution in [0.1, 0.15) is 19.4 Å². The van der Waals surface area contributed by atoms with Gasteiger partial charge >= 0.3 is 6.09 Å². The molecule has 1 rings (SSSR count). The summed E-state index contributed by atoms with van der Waals surface area (Å²) in [5.74, 6) is 0.414. The van der Waals surface area contributed by atoms with Gasteiger partial charge in [-0.05, 0) is 32.0 Å². The van der Waals surface area contributed by atoms with Gasteiger partial charge in [-0.15, -0.1) is 0 Å². The molecule has 1 unspecified atom stereocenters. The molecule has 0 spiro atoms. The number of anilines is 2. The van der Waals surface area contributed by atoms with Crippen LogP contribution in [0.5, 0.6) is 0 Å². The topological polar surface area (TPSA) is 102 Å². The monoisotopic (exact) mass is 313 g/mol. The van der Waals surface area contributed by atoms with Crippen LogP contribution in [0, 0.1) is 0 Å². The summed E-state index contributed by atoms with van der Waals surface area (Å²) < 4.78 is 11.5. The van der Waals surface area contributed by atoms with Crippen LogP contribution in [0.15, 0.2) is 18.2 Å². The van der Waals surface area contributed by atoms with Gasteiger partial charge in [0.2, 0.25) is 0 Å². The fraction of sp³-hybridized carbons (Fsp3) is 0.500. The van der Waals surface area contributed by atoms with Crippen molar-refractivity contribution >= 4 is 28.6 Å². The molecular formula is C14H23N3O3S. The van der Waals surface area contributed by atoms with E-state index in [9.17, 15) is 9.35 Å². The maximum absolute atomic E-state index is 11.5. The first-order valence-electron chi connectivity index (χ1n) is 6.51. The summed E-state index contributed by atoms with van der Waals surface area (Å²) in [7, 11) is 1.87. The van der Waals surface area contributed by atoms with Crippen molar-refractivity contribution in [2.45, 2.75) is 25.1 Å². The normalized spacial score (nSPS) is 12.8. The van der Waals surface area contributed by atoms with Crippen LogP contribution in [0.4, 0.5) is 16.2 Å². The van der Waals surface area contributed by atoms with Crippen molar-refractivity contribution in [2.24, 2.45) is 0 Å². The Bertz CT molecular complexity index is 506. The first kappa shape index (κ1) is 17.5. The number of hydrogen-bond acceptors (Lipinski definition) is 4. The van der Waals surface area contributed by atoms with Crippen LogP contribution in [0.2, 0.25) is 0 Å². The molecule has 1 aromatic carbocycles. The zero-order chi connectivity index (χ0) is 16.2. The van der Waals surface area contributed by atoms with E-state index < -0.39 is 22.8 Å². The maximum Gasteiger partial charge on any atom is 0.405 e. The molecule has 0 fully saturated rings. The second-order valence-electron chi connectivity index (χ2n) is 5.78. The van der Waals surface area contributed by atoms with Crippen LogP contribution < -0.4 is 16.0 Å². The molecule has 0 saturated carbocycles. The smallest absolute Gasteiger partial charge is 0.405 e. The Balaban J connectivity index is 2.96. The molecule has 0 saturated heterocycles. The van der Waals surface area contributed by atoms with Gasteiger partial charge < -0.3 is 25.6 Å². The van der Waals surface area contributed by atoms with Crippen molar-refractivity contribution in [1.29, 1.82) is 0 Å². The average Bonchev–Trinajstić information content (AvgIpc) is 2.24. The van der Waals surface area contributed by atoms with Crippen molar-refractivity contribution in [3.8, 4) is 0 Å². The minimum absolute atomic E-state index is 0.414. The summed E-state index contributed by atoms with van der Waals surface area (Å²) in [4.78, 5) is 12.7. The average molecular weight is 313 g/mol. The maximum atomic E-state index is 11.5. The van der Waals surface area contributed by atoms with E-state index in [1.165, 1.54) is 0 Å². The molecule has 118 valence electrons. The third-order valence-electron chi connectivity index (χ3n) is 2.95. The Morgan fingerprint density at radius 2 is 2.14 bits per heavy atom. The largest absolute Gasteiger partial charge is 0.616 e. The molecule has 0 bridgehead atoms. The van der Waals surface area contributed by atoms with Gasteiger partial charge in [-0.2, -0.15) is 0 Å². The summed E-state index contributed by atoms with van der Waals surface area (Å²) >= 11 is -0.976. The Morgan fingerprint density at radius 1 is 1.52 bits per heavy atom. The zero-order valence-corrected chi connectivity index (χ0v) is 13.7. The lowest BCUT2D eigenvalue weighted by Gasteiger charge is -2.32. The first-order chi connectivity index (χ1) is 9.60. The predicted molar refractivity (Wildman–Crippen MR) is 87.1 cm³/mol. The lowest BCUT2D eigenvalue weighted by atomic mass is 10.0. The Kier molecular flexibility index (Phi) is 5.74. The Morgan fingerprint density at radius 3 is 2.67 bits per heavy atom. The second kappa shape index (κ2) is 6.91. The van der Waals surface area contributed by atoms with Crippen molar-refractivity contribution in [3.63, 3.8) is 0 Å². The third-order valence-corrected chi connectivity index (χ3v) is 3.67. The van der Waals surface area contributed by atoms with Gasteiger partial charge in [-0.3, -0.25) is 0 Å². The van der Waals surface area contributed by atoms with Crippen LogP contribution in [0.25, 0.3) is 0 Å². The number of nitrogens with one attached hydrogen (secondary N) is 1. The number of nitrogens with zero attached hydrogens (tertiary/aromatic N) is 1. The van der Waals surface area contributed by atoms with Crippen LogP contribution in [-0.4, -0.2) is 41.1 Å². The van der Waals surface area contributed by atoms with Gasteiger partial charge in [-0.25, -0.2) is 4.79 Å². The highest BCUT2D eigenvalue weighted by Crippen LogP contribution is 2.25. The van der Waals surface area contributed by atoms with E-state index in [1.54, 1.807) is 12.3 Å². The highest BCUT2D eigenvalue weighted by atomic mass is 32.2. The summed E-state index contributed by atoms with van der Waals surface area (Å²) in [6.45, 7) is 4.10. The van der Waals surface area contributed by atoms with Crippen molar-refractivity contribution < 1.29 is 14.5 Å². The number of carboxylic acid groups (broad SMARTS) is 1. The van der Waals surface area contributed by atoms with E-state index in [0.717, 1.165) is 11.3 Å². The number of rotatable bonds is 6. The Hall–Kier alpha value is -1.60. The minimum Gasteiger partial charge on any atom is -0.616 e. The summed E-state index contributed by atoms with van der Waals surface area (Å²) in [6, 6.07) is 5.46. The van der Waals surface area contributed by atoms with E-state index in [-0.39, 0.29) is 0 Å². The highest BCUT2D eigenvalue weighted by Gasteiger charge is 2.23. The molecule has 0 aromatic heterocycles. The molecule has 0 aliphatic rings. The molecule has 1 aromatic rings. The molecule has 0 aliphatic carbocycles. The lowest BCUT2D eigenvalue weighted by molar-refractivity contribution is 0.183. The first-order valence-corrected chi connectivity index (χ1v) is 8.24. The van der Waals surface area contributed by atoms with E-state index in [0.29, 0.717) is 18.0 Å². The number of hydrogen-bond donors (Lipinski definition) is 3. The summed E-state index contributed by atoms with van der Waals surface area (Å²) in [5.41, 5.74) is 7.60. The number of nitrogens with two attached hydrogens (primary N) is 1. The molecule has 1 amide bonds. The van der Waals surface area contributed by atoms with Crippen molar-refractivity contribution in [1.82, 2.24) is 5.32 Å². The number of carbonyl (C=O) groups is 1. The lowest BCUT2D eigenvalue weighted by Crippen LogP contribution is -2.50. The summed E-state index contributed by atoms with van der Waals surface area (Å²) in [6.07, 6.45) is 0.587. The van der Waals surface area contributed by atoms with Gasteiger partial charge in [0.15, 0.2) is 0 Å². The fourth-order valence-electron chi connectivity index (χ4n) is 2.32. The highest BCUT2D eigenvalue weighted by molar-refractivity contribution is 7.89. The van der Waals surface area contributed by atoms with E-state index >= 15 is 0 Å².